The Kier molecular flexibility index (Phi) is 7.74. The molecule has 114 valence electrons. The average molecular weight is 342 g/mol. The van der Waals surface area contributed by atoms with Crippen molar-refractivity contribution in [2.24, 2.45) is 5.73 Å². The van der Waals surface area contributed by atoms with E-state index in [0.717, 1.165) is 24.1 Å². The summed E-state index contributed by atoms with van der Waals surface area (Å²) in [4.78, 5) is 4.70. The number of likely N-dealkylation sites (N-methyl/N-ethyl adjacent to an activating group) is 1. The largest absolute Gasteiger partial charge is 0.329 e. The van der Waals surface area contributed by atoms with Crippen LogP contribution in [0.15, 0.2) is 22.7 Å². The van der Waals surface area contributed by atoms with Crippen molar-refractivity contribution in [2.75, 3.05) is 40.3 Å². The summed E-state index contributed by atoms with van der Waals surface area (Å²) in [6.45, 7) is 8.21. The molecule has 0 aromatic heterocycles. The Morgan fingerprint density at radius 3 is 2.45 bits per heavy atom. The fourth-order valence-corrected chi connectivity index (χ4v) is 2.83. The van der Waals surface area contributed by atoms with Crippen LogP contribution in [-0.4, -0.2) is 50.1 Å². The summed E-state index contributed by atoms with van der Waals surface area (Å²) in [5, 5.41) is 0. The quantitative estimate of drug-likeness (QED) is 0.788. The molecule has 2 N–H and O–H groups in total. The Bertz CT molecular complexity index is 407. The van der Waals surface area contributed by atoms with Crippen LogP contribution in [0.4, 0.5) is 0 Å². The van der Waals surface area contributed by atoms with Crippen LogP contribution in [0.5, 0.6) is 0 Å². The van der Waals surface area contributed by atoms with Crippen molar-refractivity contribution in [3.8, 4) is 0 Å². The van der Waals surface area contributed by atoms with E-state index in [-0.39, 0.29) is 0 Å². The van der Waals surface area contributed by atoms with Crippen LogP contribution in [0.3, 0.4) is 0 Å². The van der Waals surface area contributed by atoms with Crippen LogP contribution in [0, 0.1) is 6.92 Å². The van der Waals surface area contributed by atoms with Gasteiger partial charge in [0, 0.05) is 23.6 Å². The van der Waals surface area contributed by atoms with Crippen molar-refractivity contribution in [1.82, 2.24) is 9.80 Å². The maximum absolute atomic E-state index is 6.03. The monoisotopic (exact) mass is 341 g/mol. The van der Waals surface area contributed by atoms with Gasteiger partial charge in [-0.3, -0.25) is 4.90 Å². The van der Waals surface area contributed by atoms with Gasteiger partial charge in [0.2, 0.25) is 0 Å². The molecule has 0 saturated carbocycles. The zero-order chi connectivity index (χ0) is 15.1. The normalized spacial score (nSPS) is 13.2. The van der Waals surface area contributed by atoms with Crippen molar-refractivity contribution in [1.29, 1.82) is 0 Å². The second-order valence-corrected chi connectivity index (χ2v) is 6.40. The molecule has 1 aromatic rings. The van der Waals surface area contributed by atoms with Gasteiger partial charge in [-0.1, -0.05) is 35.0 Å². The minimum absolute atomic E-state index is 0.305. The summed E-state index contributed by atoms with van der Waals surface area (Å²) in [6.07, 6.45) is 1.17. The summed E-state index contributed by atoms with van der Waals surface area (Å²) in [5.41, 5.74) is 8.60. The van der Waals surface area contributed by atoms with Crippen molar-refractivity contribution in [3.63, 3.8) is 0 Å². The molecule has 0 aliphatic carbocycles. The van der Waals surface area contributed by atoms with Gasteiger partial charge in [0.05, 0.1) is 0 Å². The highest BCUT2D eigenvalue weighted by Gasteiger charge is 2.18. The van der Waals surface area contributed by atoms with E-state index in [1.807, 2.05) is 0 Å². The maximum Gasteiger partial charge on any atom is 0.0470 e. The Labute approximate surface area is 132 Å². The molecule has 0 bridgehead atoms. The first-order valence-electron chi connectivity index (χ1n) is 7.34. The van der Waals surface area contributed by atoms with Crippen LogP contribution in [0.25, 0.3) is 0 Å². The minimum Gasteiger partial charge on any atom is -0.329 e. The van der Waals surface area contributed by atoms with Gasteiger partial charge < -0.3 is 10.6 Å². The molecule has 0 fully saturated rings. The SMILES string of the molecule is CCN(CCCN(C)C)C(CN)c1ccc(C)c(Br)c1. The second kappa shape index (κ2) is 8.78. The van der Waals surface area contributed by atoms with E-state index in [1.165, 1.54) is 17.5 Å². The van der Waals surface area contributed by atoms with Crippen LogP contribution in [0.2, 0.25) is 0 Å². The van der Waals surface area contributed by atoms with Gasteiger partial charge in [-0.15, -0.1) is 0 Å². The molecule has 4 heteroatoms. The van der Waals surface area contributed by atoms with E-state index in [2.05, 4.69) is 71.9 Å². The molecule has 0 aliphatic heterocycles. The predicted octanol–water partition coefficient (Wildman–Crippen LogP) is 3.03. The van der Waals surface area contributed by atoms with Crippen molar-refractivity contribution in [2.45, 2.75) is 26.3 Å². The lowest BCUT2D eigenvalue weighted by Crippen LogP contribution is -2.35. The number of halogens is 1. The topological polar surface area (TPSA) is 32.5 Å². The van der Waals surface area contributed by atoms with Gasteiger partial charge in [0.1, 0.15) is 0 Å². The van der Waals surface area contributed by atoms with Crippen molar-refractivity contribution >= 4 is 15.9 Å². The van der Waals surface area contributed by atoms with Crippen LogP contribution >= 0.6 is 15.9 Å². The lowest BCUT2D eigenvalue weighted by molar-refractivity contribution is 0.201. The third kappa shape index (κ3) is 5.17. The van der Waals surface area contributed by atoms with E-state index < -0.39 is 0 Å². The zero-order valence-corrected chi connectivity index (χ0v) is 14.8. The average Bonchev–Trinajstić information content (AvgIpc) is 2.41. The fourth-order valence-electron chi connectivity index (χ4n) is 2.44. The Balaban J connectivity index is 2.77. The van der Waals surface area contributed by atoms with E-state index in [4.69, 9.17) is 5.73 Å². The number of aryl methyl sites for hydroxylation is 1. The fraction of sp³-hybridized carbons (Fsp3) is 0.625. The summed E-state index contributed by atoms with van der Waals surface area (Å²) >= 11 is 3.62. The van der Waals surface area contributed by atoms with Crippen LogP contribution in [-0.2, 0) is 0 Å². The number of nitrogens with two attached hydrogens (primary N) is 1. The Morgan fingerprint density at radius 1 is 1.25 bits per heavy atom. The standard InChI is InChI=1S/C16H28BrN3/c1-5-20(10-6-9-19(3)4)16(12-18)14-8-7-13(2)15(17)11-14/h7-8,11,16H,5-6,9-10,12,18H2,1-4H3. The molecular weight excluding hydrogens is 314 g/mol. The van der Waals surface area contributed by atoms with E-state index in [1.54, 1.807) is 0 Å². The number of nitrogens with zero attached hydrogens (tertiary/aromatic N) is 2. The molecule has 0 saturated heterocycles. The highest BCUT2D eigenvalue weighted by atomic mass is 79.9. The number of rotatable bonds is 8. The van der Waals surface area contributed by atoms with Gasteiger partial charge in [-0.05, 0) is 57.7 Å². The first kappa shape index (κ1) is 17.6. The molecule has 1 rings (SSSR count). The smallest absolute Gasteiger partial charge is 0.0470 e. The van der Waals surface area contributed by atoms with Crippen molar-refractivity contribution in [3.05, 3.63) is 33.8 Å². The molecular formula is C16H28BrN3. The first-order valence-corrected chi connectivity index (χ1v) is 8.13. The molecule has 20 heavy (non-hydrogen) atoms. The molecule has 3 nitrogen and oxygen atoms in total. The third-order valence-corrected chi connectivity index (χ3v) is 4.56. The summed E-state index contributed by atoms with van der Waals surface area (Å²) in [5.74, 6) is 0. The zero-order valence-electron chi connectivity index (χ0n) is 13.2. The molecule has 0 amide bonds. The van der Waals surface area contributed by atoms with E-state index in [0.29, 0.717) is 12.6 Å². The minimum atomic E-state index is 0.305. The molecule has 0 heterocycles. The third-order valence-electron chi connectivity index (χ3n) is 3.70. The number of hydrogen-bond acceptors (Lipinski definition) is 3. The van der Waals surface area contributed by atoms with Crippen molar-refractivity contribution < 1.29 is 0 Å². The van der Waals surface area contributed by atoms with Gasteiger partial charge in [0.25, 0.3) is 0 Å². The van der Waals surface area contributed by atoms with Gasteiger partial charge >= 0.3 is 0 Å². The van der Waals surface area contributed by atoms with E-state index >= 15 is 0 Å². The lowest BCUT2D eigenvalue weighted by atomic mass is 10.0. The van der Waals surface area contributed by atoms with E-state index in [9.17, 15) is 0 Å². The first-order chi connectivity index (χ1) is 9.49. The summed E-state index contributed by atoms with van der Waals surface area (Å²) < 4.78 is 1.16. The molecule has 0 aliphatic rings. The summed E-state index contributed by atoms with van der Waals surface area (Å²) in [6, 6.07) is 6.88. The summed E-state index contributed by atoms with van der Waals surface area (Å²) in [7, 11) is 4.24. The maximum atomic E-state index is 6.03. The predicted molar refractivity (Wildman–Crippen MR) is 91.1 cm³/mol. The molecule has 1 aromatic carbocycles. The molecule has 0 spiro atoms. The highest BCUT2D eigenvalue weighted by molar-refractivity contribution is 9.10. The van der Waals surface area contributed by atoms with Crippen LogP contribution < -0.4 is 5.73 Å². The van der Waals surface area contributed by atoms with Gasteiger partial charge in [-0.2, -0.15) is 0 Å². The van der Waals surface area contributed by atoms with Gasteiger partial charge in [0.15, 0.2) is 0 Å². The molecule has 1 unspecified atom stereocenters. The second-order valence-electron chi connectivity index (χ2n) is 5.55. The Hall–Kier alpha value is -0.420. The molecule has 0 radical (unpaired) electrons. The Morgan fingerprint density at radius 2 is 1.95 bits per heavy atom. The number of benzene rings is 1. The van der Waals surface area contributed by atoms with Gasteiger partial charge in [-0.25, -0.2) is 0 Å². The highest BCUT2D eigenvalue weighted by Crippen LogP contribution is 2.25. The van der Waals surface area contributed by atoms with Crippen LogP contribution in [0.1, 0.15) is 30.5 Å². The lowest BCUT2D eigenvalue weighted by Gasteiger charge is -2.31. The molecule has 1 atom stereocenters. The number of hydrogen-bond donors (Lipinski definition) is 1.